The maximum Gasteiger partial charge on any atom is 0.335 e. The van der Waals surface area contributed by atoms with Crippen LogP contribution in [0.15, 0.2) is 109 Å². The van der Waals surface area contributed by atoms with E-state index >= 15 is 0 Å². The number of carbonyl (C=O) groups is 3. The molecule has 4 rings (SSSR count). The molecule has 0 spiro atoms. The Balaban J connectivity index is 1.45. The summed E-state index contributed by atoms with van der Waals surface area (Å²) in [5, 5.41) is 21.6. The molecule has 4 aromatic rings. The molecule has 4 N–H and O–H groups in total. The van der Waals surface area contributed by atoms with Gasteiger partial charge in [0.15, 0.2) is 0 Å². The largest absolute Gasteiger partial charge is 0.478 e. The van der Waals surface area contributed by atoms with E-state index < -0.39 is 29.9 Å². The molecular formula is C35H34N4O5. The second-order valence-electron chi connectivity index (χ2n) is 10.3. The molecule has 0 aromatic heterocycles. The zero-order chi connectivity index (χ0) is 31.3. The molecule has 0 radical (unpaired) electrons. The first-order valence-electron chi connectivity index (χ1n) is 14.1. The molecule has 0 saturated heterocycles. The number of nitriles is 1. The van der Waals surface area contributed by atoms with E-state index in [1.54, 1.807) is 12.1 Å². The molecule has 0 aliphatic heterocycles. The Kier molecular flexibility index (Phi) is 11.4. The molecule has 4 aromatic carbocycles. The van der Waals surface area contributed by atoms with Gasteiger partial charge in [-0.15, -0.1) is 0 Å². The van der Waals surface area contributed by atoms with Gasteiger partial charge in [0.1, 0.15) is 12.1 Å². The molecule has 2 atom stereocenters. The summed E-state index contributed by atoms with van der Waals surface area (Å²) in [4.78, 5) is 38.3. The monoisotopic (exact) mass is 590 g/mol. The third kappa shape index (κ3) is 9.10. The van der Waals surface area contributed by atoms with Crippen LogP contribution < -0.4 is 16.2 Å². The maximum atomic E-state index is 13.6. The van der Waals surface area contributed by atoms with Crippen LogP contribution in [-0.4, -0.2) is 41.6 Å². The van der Waals surface area contributed by atoms with Gasteiger partial charge in [-0.3, -0.25) is 15.0 Å². The number of carboxylic acid groups (broad SMARTS) is 1. The molecular weight excluding hydrogens is 556 g/mol. The molecule has 0 heterocycles. The van der Waals surface area contributed by atoms with Gasteiger partial charge >= 0.3 is 5.97 Å². The van der Waals surface area contributed by atoms with E-state index in [1.807, 2.05) is 97.9 Å². The third-order valence-electron chi connectivity index (χ3n) is 6.94. The summed E-state index contributed by atoms with van der Waals surface area (Å²) in [5.74, 6) is -2.50. The SMILES string of the molecule is Cc1cccc(C[C@H](NNC(=O)C(c2ccccc2)c2ccccc2)C(=O)N[C@H](C#N)COCc2cccc(C(=O)O)c2)c1. The van der Waals surface area contributed by atoms with Gasteiger partial charge in [-0.05, 0) is 47.7 Å². The Labute approximate surface area is 256 Å². The number of ether oxygens (including phenoxy) is 1. The number of carbonyl (C=O) groups excluding carboxylic acids is 2. The van der Waals surface area contributed by atoms with Crippen LogP contribution in [0.3, 0.4) is 0 Å². The van der Waals surface area contributed by atoms with Crippen LogP contribution in [0.4, 0.5) is 0 Å². The van der Waals surface area contributed by atoms with Gasteiger partial charge in [-0.1, -0.05) is 103 Å². The van der Waals surface area contributed by atoms with Crippen LogP contribution in [0, 0.1) is 18.3 Å². The van der Waals surface area contributed by atoms with Crippen molar-refractivity contribution in [3.63, 3.8) is 0 Å². The summed E-state index contributed by atoms with van der Waals surface area (Å²) in [6.07, 6.45) is 0.246. The molecule has 2 amide bonds. The number of benzene rings is 4. The predicted octanol–water partition coefficient (Wildman–Crippen LogP) is 4.28. The van der Waals surface area contributed by atoms with E-state index in [9.17, 15) is 24.8 Å². The molecule has 0 aliphatic rings. The van der Waals surface area contributed by atoms with E-state index in [4.69, 9.17) is 4.74 Å². The van der Waals surface area contributed by atoms with Gasteiger partial charge < -0.3 is 15.2 Å². The van der Waals surface area contributed by atoms with Crippen molar-refractivity contribution in [2.45, 2.75) is 38.0 Å². The second kappa shape index (κ2) is 15.8. The highest BCUT2D eigenvalue weighted by Gasteiger charge is 2.26. The van der Waals surface area contributed by atoms with Crippen molar-refractivity contribution in [2.24, 2.45) is 0 Å². The Bertz CT molecular complexity index is 1560. The Hall–Kier alpha value is -5.30. The fraction of sp³-hybridized carbons (Fsp3) is 0.200. The number of aromatic carboxylic acids is 1. The lowest BCUT2D eigenvalue weighted by Crippen LogP contribution is -2.55. The summed E-state index contributed by atoms with van der Waals surface area (Å²) >= 11 is 0. The highest BCUT2D eigenvalue weighted by molar-refractivity contribution is 5.88. The zero-order valence-electron chi connectivity index (χ0n) is 24.3. The maximum absolute atomic E-state index is 13.6. The first-order valence-corrected chi connectivity index (χ1v) is 14.1. The van der Waals surface area contributed by atoms with Gasteiger partial charge in [-0.25, -0.2) is 10.2 Å². The Morgan fingerprint density at radius 1 is 0.818 bits per heavy atom. The lowest BCUT2D eigenvalue weighted by atomic mass is 9.91. The number of hydrogen-bond donors (Lipinski definition) is 4. The summed E-state index contributed by atoms with van der Waals surface area (Å²) in [6, 6.07) is 32.9. The van der Waals surface area contributed by atoms with Crippen LogP contribution >= 0.6 is 0 Å². The quantitative estimate of drug-likeness (QED) is 0.161. The average molecular weight is 591 g/mol. The molecule has 0 saturated carbocycles. The standard InChI is InChI=1S/C35H34N4O5/c1-24-10-8-11-25(18-24)20-31(33(40)37-30(21-36)23-44-22-26-12-9-17-29(19-26)35(42)43)38-39-34(41)32(27-13-4-2-5-14-27)28-15-6-3-7-16-28/h2-19,30-32,38H,20,22-23H2,1H3,(H,37,40)(H,39,41)(H,42,43)/t30-,31+/m1/s1. The first-order chi connectivity index (χ1) is 21.3. The minimum absolute atomic E-state index is 0.0660. The number of amides is 2. The normalized spacial score (nSPS) is 12.1. The molecule has 0 unspecified atom stereocenters. The van der Waals surface area contributed by atoms with Crippen LogP contribution in [0.25, 0.3) is 0 Å². The van der Waals surface area contributed by atoms with Crippen LogP contribution in [0.1, 0.15) is 44.1 Å². The van der Waals surface area contributed by atoms with Crippen molar-refractivity contribution in [2.75, 3.05) is 6.61 Å². The molecule has 0 bridgehead atoms. The van der Waals surface area contributed by atoms with Crippen LogP contribution in [0.2, 0.25) is 0 Å². The van der Waals surface area contributed by atoms with E-state index in [1.165, 1.54) is 12.1 Å². The molecule has 0 fully saturated rings. The minimum atomic E-state index is -1.05. The molecule has 224 valence electrons. The lowest BCUT2D eigenvalue weighted by Gasteiger charge is -2.23. The minimum Gasteiger partial charge on any atom is -0.478 e. The number of rotatable bonds is 14. The highest BCUT2D eigenvalue weighted by Crippen LogP contribution is 2.24. The van der Waals surface area contributed by atoms with E-state index in [-0.39, 0.29) is 31.1 Å². The smallest absolute Gasteiger partial charge is 0.335 e. The number of hydrogen-bond acceptors (Lipinski definition) is 6. The average Bonchev–Trinajstić information content (AvgIpc) is 3.03. The summed E-state index contributed by atoms with van der Waals surface area (Å²) < 4.78 is 5.63. The number of hydrazine groups is 1. The van der Waals surface area contributed by atoms with Gasteiger partial charge in [0.2, 0.25) is 11.8 Å². The Morgan fingerprint density at radius 3 is 2.07 bits per heavy atom. The summed E-state index contributed by atoms with van der Waals surface area (Å²) in [6.45, 7) is 1.90. The molecule has 9 heteroatoms. The van der Waals surface area contributed by atoms with Crippen molar-refractivity contribution in [3.05, 3.63) is 143 Å². The van der Waals surface area contributed by atoms with E-state index in [2.05, 4.69) is 16.2 Å². The Morgan fingerprint density at radius 2 is 1.45 bits per heavy atom. The third-order valence-corrected chi connectivity index (χ3v) is 6.94. The van der Waals surface area contributed by atoms with E-state index in [0.29, 0.717) is 5.56 Å². The highest BCUT2D eigenvalue weighted by atomic mass is 16.5. The van der Waals surface area contributed by atoms with Crippen molar-refractivity contribution < 1.29 is 24.2 Å². The fourth-order valence-corrected chi connectivity index (χ4v) is 4.77. The number of nitrogens with zero attached hydrogens (tertiary/aromatic N) is 1. The predicted molar refractivity (Wildman–Crippen MR) is 165 cm³/mol. The van der Waals surface area contributed by atoms with E-state index in [0.717, 1.165) is 22.3 Å². The number of carboxylic acids is 1. The molecule has 9 nitrogen and oxygen atoms in total. The zero-order valence-corrected chi connectivity index (χ0v) is 24.3. The number of nitrogens with one attached hydrogen (secondary N) is 3. The lowest BCUT2D eigenvalue weighted by molar-refractivity contribution is -0.126. The van der Waals surface area contributed by atoms with Crippen molar-refractivity contribution >= 4 is 17.8 Å². The fourth-order valence-electron chi connectivity index (χ4n) is 4.77. The van der Waals surface area contributed by atoms with Gasteiger partial charge in [-0.2, -0.15) is 5.26 Å². The van der Waals surface area contributed by atoms with Crippen LogP contribution in [-0.2, 0) is 27.4 Å². The van der Waals surface area contributed by atoms with Crippen molar-refractivity contribution in [1.29, 1.82) is 5.26 Å². The topological polar surface area (TPSA) is 141 Å². The first kappa shape index (κ1) is 31.6. The number of aryl methyl sites for hydroxylation is 1. The van der Waals surface area contributed by atoms with Gasteiger partial charge in [0.05, 0.1) is 30.8 Å². The summed E-state index contributed by atoms with van der Waals surface area (Å²) in [7, 11) is 0. The molecule has 44 heavy (non-hydrogen) atoms. The van der Waals surface area contributed by atoms with Crippen LogP contribution in [0.5, 0.6) is 0 Å². The summed E-state index contributed by atoms with van der Waals surface area (Å²) in [5.41, 5.74) is 9.92. The van der Waals surface area contributed by atoms with Crippen molar-refractivity contribution in [3.8, 4) is 6.07 Å². The van der Waals surface area contributed by atoms with Gasteiger partial charge in [0.25, 0.3) is 0 Å². The molecule has 0 aliphatic carbocycles. The van der Waals surface area contributed by atoms with Crippen molar-refractivity contribution in [1.82, 2.24) is 16.2 Å². The second-order valence-corrected chi connectivity index (χ2v) is 10.3. The van der Waals surface area contributed by atoms with Gasteiger partial charge in [0, 0.05) is 0 Å².